The van der Waals surface area contributed by atoms with Crippen molar-refractivity contribution < 1.29 is 8.78 Å². The second-order valence-electron chi connectivity index (χ2n) is 3.76. The van der Waals surface area contributed by atoms with Crippen molar-refractivity contribution in [1.82, 2.24) is 5.32 Å². The first kappa shape index (κ1) is 11.6. The number of anilines is 2. The zero-order valence-corrected chi connectivity index (χ0v) is 10.1. The SMILES string of the molecule is Nc1c(F)cc(Br)c(F)c1NC[C@@H]1CCN1. The number of nitrogen functional groups attached to an aromatic ring is 1. The Morgan fingerprint density at radius 3 is 2.81 bits per heavy atom. The highest BCUT2D eigenvalue weighted by atomic mass is 79.9. The molecule has 4 N–H and O–H groups in total. The molecule has 0 saturated carbocycles. The van der Waals surface area contributed by atoms with Gasteiger partial charge < -0.3 is 16.4 Å². The maximum absolute atomic E-state index is 13.6. The standard InChI is InChI=1S/C10H12BrF2N3/c11-6-3-7(12)9(14)10(8(6)13)16-4-5-1-2-15-5/h3,5,15-16H,1-2,4,14H2/t5-/m0/s1. The molecule has 6 heteroatoms. The summed E-state index contributed by atoms with van der Waals surface area (Å²) < 4.78 is 27.0. The fraction of sp³-hybridized carbons (Fsp3) is 0.400. The summed E-state index contributed by atoms with van der Waals surface area (Å²) in [7, 11) is 0. The highest BCUT2D eigenvalue weighted by Gasteiger charge is 2.19. The van der Waals surface area contributed by atoms with E-state index in [1.807, 2.05) is 0 Å². The van der Waals surface area contributed by atoms with Crippen LogP contribution in [0.3, 0.4) is 0 Å². The van der Waals surface area contributed by atoms with E-state index < -0.39 is 11.6 Å². The molecule has 0 spiro atoms. The van der Waals surface area contributed by atoms with E-state index in [0.29, 0.717) is 12.6 Å². The topological polar surface area (TPSA) is 50.1 Å². The maximum Gasteiger partial charge on any atom is 0.162 e. The van der Waals surface area contributed by atoms with E-state index in [4.69, 9.17) is 5.73 Å². The van der Waals surface area contributed by atoms with E-state index >= 15 is 0 Å². The van der Waals surface area contributed by atoms with Gasteiger partial charge in [0.1, 0.15) is 5.82 Å². The molecule has 1 heterocycles. The molecule has 1 fully saturated rings. The molecule has 0 bridgehead atoms. The third kappa shape index (κ3) is 2.12. The fourth-order valence-electron chi connectivity index (χ4n) is 1.53. The van der Waals surface area contributed by atoms with Crippen LogP contribution in [0.15, 0.2) is 10.5 Å². The van der Waals surface area contributed by atoms with Crippen molar-refractivity contribution in [2.24, 2.45) is 0 Å². The van der Waals surface area contributed by atoms with Crippen LogP contribution in [0, 0.1) is 11.6 Å². The number of halogens is 3. The van der Waals surface area contributed by atoms with Gasteiger partial charge in [-0.25, -0.2) is 8.78 Å². The van der Waals surface area contributed by atoms with Crippen molar-refractivity contribution in [2.75, 3.05) is 24.1 Å². The Morgan fingerprint density at radius 1 is 1.56 bits per heavy atom. The lowest BCUT2D eigenvalue weighted by molar-refractivity contribution is 0.386. The number of rotatable bonds is 3. The summed E-state index contributed by atoms with van der Waals surface area (Å²) in [4.78, 5) is 0. The molecule has 1 atom stereocenters. The summed E-state index contributed by atoms with van der Waals surface area (Å²) in [6.45, 7) is 1.51. The van der Waals surface area contributed by atoms with E-state index in [1.54, 1.807) is 0 Å². The quantitative estimate of drug-likeness (QED) is 0.590. The summed E-state index contributed by atoms with van der Waals surface area (Å²) in [5.74, 6) is -1.18. The van der Waals surface area contributed by atoms with Crippen molar-refractivity contribution >= 4 is 27.3 Å². The third-order valence-electron chi connectivity index (χ3n) is 2.66. The van der Waals surface area contributed by atoms with Crippen LogP contribution < -0.4 is 16.4 Å². The molecule has 3 nitrogen and oxygen atoms in total. The predicted molar refractivity (Wildman–Crippen MR) is 63.4 cm³/mol. The molecule has 2 rings (SSSR count). The van der Waals surface area contributed by atoms with Gasteiger partial charge in [-0.3, -0.25) is 0 Å². The molecule has 0 aliphatic carbocycles. The van der Waals surface area contributed by atoms with Gasteiger partial charge in [0.25, 0.3) is 0 Å². The van der Waals surface area contributed by atoms with Crippen molar-refractivity contribution in [3.05, 3.63) is 22.2 Å². The molecule has 1 saturated heterocycles. The molecule has 1 aromatic carbocycles. The van der Waals surface area contributed by atoms with Gasteiger partial charge >= 0.3 is 0 Å². The summed E-state index contributed by atoms with van der Waals surface area (Å²) >= 11 is 2.94. The lowest BCUT2D eigenvalue weighted by atomic mass is 10.1. The molecule has 16 heavy (non-hydrogen) atoms. The number of hydrogen-bond acceptors (Lipinski definition) is 3. The van der Waals surface area contributed by atoms with Gasteiger partial charge in [0.2, 0.25) is 0 Å². The molecular formula is C10H12BrF2N3. The van der Waals surface area contributed by atoms with E-state index in [2.05, 4.69) is 26.6 Å². The highest BCUT2D eigenvalue weighted by molar-refractivity contribution is 9.10. The van der Waals surface area contributed by atoms with Crippen molar-refractivity contribution in [3.63, 3.8) is 0 Å². The zero-order valence-electron chi connectivity index (χ0n) is 8.49. The second-order valence-corrected chi connectivity index (χ2v) is 4.62. The van der Waals surface area contributed by atoms with E-state index in [0.717, 1.165) is 19.0 Å². The van der Waals surface area contributed by atoms with Gasteiger partial charge in [-0.1, -0.05) is 0 Å². The average molecular weight is 292 g/mol. The lowest BCUT2D eigenvalue weighted by Crippen LogP contribution is -2.47. The van der Waals surface area contributed by atoms with E-state index in [9.17, 15) is 8.78 Å². The monoisotopic (exact) mass is 291 g/mol. The van der Waals surface area contributed by atoms with Gasteiger partial charge in [-0.15, -0.1) is 0 Å². The normalized spacial score (nSPS) is 19.3. The first-order valence-electron chi connectivity index (χ1n) is 5.00. The smallest absolute Gasteiger partial charge is 0.162 e. The summed E-state index contributed by atoms with van der Waals surface area (Å²) in [5.41, 5.74) is 5.33. The lowest BCUT2D eigenvalue weighted by Gasteiger charge is -2.28. The van der Waals surface area contributed by atoms with Crippen molar-refractivity contribution in [1.29, 1.82) is 0 Å². The van der Waals surface area contributed by atoms with Crippen LogP contribution in [-0.2, 0) is 0 Å². The first-order chi connectivity index (χ1) is 7.59. The average Bonchev–Trinajstić information content (AvgIpc) is 2.18. The summed E-state index contributed by atoms with van der Waals surface area (Å²) in [5, 5.41) is 5.98. The minimum atomic E-state index is -0.627. The fourth-order valence-corrected chi connectivity index (χ4v) is 1.93. The van der Waals surface area contributed by atoms with Crippen LogP contribution in [0.25, 0.3) is 0 Å². The molecule has 0 unspecified atom stereocenters. The van der Waals surface area contributed by atoms with E-state index in [1.165, 1.54) is 0 Å². The molecule has 1 aromatic rings. The second kappa shape index (κ2) is 4.55. The minimum absolute atomic E-state index is 0.0283. The van der Waals surface area contributed by atoms with Gasteiger partial charge in [0.05, 0.1) is 15.8 Å². The maximum atomic E-state index is 13.6. The Kier molecular flexibility index (Phi) is 3.30. The Balaban J connectivity index is 2.17. The minimum Gasteiger partial charge on any atom is -0.395 e. The zero-order chi connectivity index (χ0) is 11.7. The molecule has 0 amide bonds. The summed E-state index contributed by atoms with van der Waals surface area (Å²) in [6.07, 6.45) is 1.03. The molecular weight excluding hydrogens is 280 g/mol. The Morgan fingerprint density at radius 2 is 2.25 bits per heavy atom. The van der Waals surface area contributed by atoms with Gasteiger partial charge in [-0.2, -0.15) is 0 Å². The number of nitrogens with one attached hydrogen (secondary N) is 2. The van der Waals surface area contributed by atoms with Crippen LogP contribution >= 0.6 is 15.9 Å². The molecule has 0 aromatic heterocycles. The Labute approximate surface area is 101 Å². The van der Waals surface area contributed by atoms with Crippen LogP contribution in [-0.4, -0.2) is 19.1 Å². The van der Waals surface area contributed by atoms with Crippen molar-refractivity contribution in [2.45, 2.75) is 12.5 Å². The van der Waals surface area contributed by atoms with Gasteiger partial charge in [0.15, 0.2) is 5.82 Å². The number of benzene rings is 1. The van der Waals surface area contributed by atoms with Crippen LogP contribution in [0.1, 0.15) is 6.42 Å². The molecule has 1 aliphatic rings. The largest absolute Gasteiger partial charge is 0.395 e. The highest BCUT2D eigenvalue weighted by Crippen LogP contribution is 2.31. The number of hydrogen-bond donors (Lipinski definition) is 3. The van der Waals surface area contributed by atoms with Crippen LogP contribution in [0.5, 0.6) is 0 Å². The number of nitrogens with two attached hydrogens (primary N) is 1. The van der Waals surface area contributed by atoms with Crippen LogP contribution in [0.2, 0.25) is 0 Å². The molecule has 88 valence electrons. The predicted octanol–water partition coefficient (Wildman–Crippen LogP) is 2.08. The third-order valence-corrected chi connectivity index (χ3v) is 3.24. The van der Waals surface area contributed by atoms with Gasteiger partial charge in [-0.05, 0) is 35.0 Å². The molecule has 0 radical (unpaired) electrons. The Hall–Kier alpha value is -0.880. The first-order valence-corrected chi connectivity index (χ1v) is 5.79. The van der Waals surface area contributed by atoms with E-state index in [-0.39, 0.29) is 15.8 Å². The van der Waals surface area contributed by atoms with Crippen LogP contribution in [0.4, 0.5) is 20.2 Å². The summed E-state index contributed by atoms with van der Waals surface area (Å²) in [6, 6.07) is 1.33. The molecule has 1 aliphatic heterocycles. The van der Waals surface area contributed by atoms with Crippen molar-refractivity contribution in [3.8, 4) is 0 Å². The Bertz CT molecular complexity index is 381. The van der Waals surface area contributed by atoms with Gasteiger partial charge in [0, 0.05) is 12.6 Å².